The van der Waals surface area contributed by atoms with Crippen LogP contribution in [0.3, 0.4) is 0 Å². The van der Waals surface area contributed by atoms with Crippen molar-refractivity contribution in [2.75, 3.05) is 13.2 Å². The molecule has 136 valence electrons. The first-order valence-electron chi connectivity index (χ1n) is 8.23. The Morgan fingerprint density at radius 2 is 1.72 bits per heavy atom. The van der Waals surface area contributed by atoms with Crippen molar-refractivity contribution in [2.24, 2.45) is 5.73 Å². The number of nitrogens with two attached hydrogens (primary N) is 1. The van der Waals surface area contributed by atoms with Gasteiger partial charge in [0.25, 0.3) is 0 Å². The lowest BCUT2D eigenvalue weighted by Crippen LogP contribution is -2.17. The summed E-state index contributed by atoms with van der Waals surface area (Å²) < 4.78 is 46.7. The summed E-state index contributed by atoms with van der Waals surface area (Å²) in [5, 5.41) is 0. The average molecular weight is 353 g/mol. The molecule has 2 aromatic rings. The third kappa shape index (κ3) is 7.05. The van der Waals surface area contributed by atoms with Crippen molar-refractivity contribution in [2.45, 2.75) is 32.0 Å². The van der Waals surface area contributed by atoms with Gasteiger partial charge in [0.1, 0.15) is 11.5 Å². The van der Waals surface area contributed by atoms with Crippen LogP contribution in [0.4, 0.5) is 13.2 Å². The van der Waals surface area contributed by atoms with Gasteiger partial charge < -0.3 is 15.2 Å². The summed E-state index contributed by atoms with van der Waals surface area (Å²) in [6.45, 7) is 1.24. The smallest absolute Gasteiger partial charge is 0.493 e. The van der Waals surface area contributed by atoms with Crippen molar-refractivity contribution in [1.29, 1.82) is 0 Å². The second-order valence-corrected chi connectivity index (χ2v) is 5.65. The number of alkyl halides is 3. The molecule has 2 rings (SSSR count). The van der Waals surface area contributed by atoms with Gasteiger partial charge in [0, 0.05) is 0 Å². The highest BCUT2D eigenvalue weighted by atomic mass is 19.4. The fraction of sp³-hybridized carbons (Fsp3) is 0.368. The van der Waals surface area contributed by atoms with Crippen LogP contribution in [0.25, 0.3) is 0 Å². The lowest BCUT2D eigenvalue weighted by atomic mass is 10.0. The molecule has 0 fully saturated rings. The molecule has 0 bridgehead atoms. The minimum Gasteiger partial charge on any atom is -0.493 e. The Morgan fingerprint density at radius 3 is 2.48 bits per heavy atom. The second-order valence-electron chi connectivity index (χ2n) is 5.65. The first-order valence-corrected chi connectivity index (χ1v) is 8.23. The van der Waals surface area contributed by atoms with Gasteiger partial charge in [-0.2, -0.15) is 0 Å². The summed E-state index contributed by atoms with van der Waals surface area (Å²) in [5.41, 5.74) is 7.27. The Kier molecular flexibility index (Phi) is 7.13. The molecule has 0 aliphatic heterocycles. The Bertz CT molecular complexity index is 659. The zero-order valence-corrected chi connectivity index (χ0v) is 13.9. The van der Waals surface area contributed by atoms with Crippen LogP contribution in [0.2, 0.25) is 0 Å². The van der Waals surface area contributed by atoms with Gasteiger partial charge in [-0.1, -0.05) is 30.3 Å². The molecule has 0 aliphatic carbocycles. The van der Waals surface area contributed by atoms with E-state index in [0.717, 1.165) is 29.7 Å². The molecule has 0 spiro atoms. The summed E-state index contributed by atoms with van der Waals surface area (Å²) >= 11 is 0. The van der Waals surface area contributed by atoms with Gasteiger partial charge in [0.15, 0.2) is 0 Å². The fourth-order valence-electron chi connectivity index (χ4n) is 2.46. The number of unbranched alkanes of at least 4 members (excludes halogenated alkanes) is 1. The molecule has 2 N–H and O–H groups in total. The maximum atomic E-state index is 12.3. The summed E-state index contributed by atoms with van der Waals surface area (Å²) in [6, 6.07) is 13.8. The number of hydrogen-bond donors (Lipinski definition) is 1. The molecule has 0 aliphatic rings. The lowest BCUT2D eigenvalue weighted by molar-refractivity contribution is -0.274. The van der Waals surface area contributed by atoms with Crippen LogP contribution in [0.15, 0.2) is 48.5 Å². The predicted molar refractivity (Wildman–Crippen MR) is 90.8 cm³/mol. The monoisotopic (exact) mass is 353 g/mol. The highest BCUT2D eigenvalue weighted by Gasteiger charge is 2.31. The minimum atomic E-state index is -4.68. The first kappa shape index (κ1) is 19.1. The van der Waals surface area contributed by atoms with E-state index in [0.29, 0.717) is 26.0 Å². The number of rotatable bonds is 9. The van der Waals surface area contributed by atoms with Crippen LogP contribution in [-0.4, -0.2) is 19.5 Å². The Hall–Kier alpha value is -2.21. The van der Waals surface area contributed by atoms with Crippen LogP contribution < -0.4 is 15.2 Å². The van der Waals surface area contributed by atoms with Gasteiger partial charge in [-0.05, 0) is 61.6 Å². The Morgan fingerprint density at radius 1 is 0.920 bits per heavy atom. The van der Waals surface area contributed by atoms with E-state index in [1.807, 2.05) is 24.3 Å². The van der Waals surface area contributed by atoms with E-state index >= 15 is 0 Å². The van der Waals surface area contributed by atoms with Gasteiger partial charge in [-0.3, -0.25) is 0 Å². The van der Waals surface area contributed by atoms with Crippen molar-refractivity contribution in [3.05, 3.63) is 59.7 Å². The zero-order chi connectivity index (χ0) is 18.1. The van der Waals surface area contributed by atoms with Crippen LogP contribution in [0.1, 0.15) is 24.0 Å². The number of ether oxygens (including phenoxy) is 2. The van der Waals surface area contributed by atoms with Crippen molar-refractivity contribution < 1.29 is 22.6 Å². The van der Waals surface area contributed by atoms with Crippen LogP contribution in [-0.2, 0) is 12.8 Å². The van der Waals surface area contributed by atoms with E-state index in [2.05, 4.69) is 4.74 Å². The van der Waals surface area contributed by atoms with Gasteiger partial charge in [0.2, 0.25) is 0 Å². The van der Waals surface area contributed by atoms with E-state index in [4.69, 9.17) is 10.5 Å². The van der Waals surface area contributed by atoms with Crippen molar-refractivity contribution in [3.63, 3.8) is 0 Å². The van der Waals surface area contributed by atoms with E-state index in [1.54, 1.807) is 12.1 Å². The van der Waals surface area contributed by atoms with Crippen LogP contribution >= 0.6 is 0 Å². The third-order valence-corrected chi connectivity index (χ3v) is 3.64. The summed E-state index contributed by atoms with van der Waals surface area (Å²) in [6.07, 6.45) is -1.61. The molecule has 0 radical (unpaired) electrons. The highest BCUT2D eigenvalue weighted by Crippen LogP contribution is 2.25. The molecule has 6 heteroatoms. The summed E-state index contributed by atoms with van der Waals surface area (Å²) in [4.78, 5) is 0. The summed E-state index contributed by atoms with van der Waals surface area (Å²) in [5.74, 6) is 0.610. The predicted octanol–water partition coefficient (Wildman–Crippen LogP) is 4.49. The van der Waals surface area contributed by atoms with Gasteiger partial charge in [-0.25, -0.2) is 0 Å². The van der Waals surface area contributed by atoms with Gasteiger partial charge in [-0.15, -0.1) is 13.2 Å². The molecule has 0 amide bonds. The van der Waals surface area contributed by atoms with Crippen molar-refractivity contribution in [1.82, 2.24) is 0 Å². The maximum Gasteiger partial charge on any atom is 0.573 e. The van der Waals surface area contributed by atoms with Gasteiger partial charge >= 0.3 is 6.36 Å². The van der Waals surface area contributed by atoms with E-state index in [9.17, 15) is 13.2 Å². The average Bonchev–Trinajstić information content (AvgIpc) is 2.56. The Labute approximate surface area is 145 Å². The number of aryl methyl sites for hydroxylation is 2. The van der Waals surface area contributed by atoms with E-state index < -0.39 is 6.36 Å². The number of hydrogen-bond acceptors (Lipinski definition) is 3. The number of para-hydroxylation sites is 1. The molecule has 0 heterocycles. The largest absolute Gasteiger partial charge is 0.573 e. The zero-order valence-electron chi connectivity index (χ0n) is 13.9. The van der Waals surface area contributed by atoms with Crippen LogP contribution in [0, 0.1) is 0 Å². The third-order valence-electron chi connectivity index (χ3n) is 3.64. The maximum absolute atomic E-state index is 12.3. The van der Waals surface area contributed by atoms with E-state index in [1.165, 1.54) is 12.1 Å². The normalized spacial score (nSPS) is 11.4. The standard InChI is InChI=1S/C19H22F3NO2/c20-19(21,22)25-17-8-5-6-15(14-17)10-11-16-7-1-2-9-18(16)24-13-4-3-12-23/h1-2,5-9,14H,3-4,10-13,23H2. The fourth-order valence-corrected chi connectivity index (χ4v) is 2.46. The summed E-state index contributed by atoms with van der Waals surface area (Å²) in [7, 11) is 0. The van der Waals surface area contributed by atoms with Crippen LogP contribution in [0.5, 0.6) is 11.5 Å². The molecule has 0 atom stereocenters. The molecule has 0 unspecified atom stereocenters. The molecular weight excluding hydrogens is 331 g/mol. The van der Waals surface area contributed by atoms with Gasteiger partial charge in [0.05, 0.1) is 6.61 Å². The first-order chi connectivity index (χ1) is 12.0. The lowest BCUT2D eigenvalue weighted by Gasteiger charge is -2.12. The molecule has 0 saturated carbocycles. The molecule has 0 aromatic heterocycles. The highest BCUT2D eigenvalue weighted by molar-refractivity contribution is 5.35. The quantitative estimate of drug-likeness (QED) is 0.676. The molecule has 0 saturated heterocycles. The SMILES string of the molecule is NCCCCOc1ccccc1CCc1cccc(OC(F)(F)F)c1. The minimum absolute atomic E-state index is 0.198. The van der Waals surface area contributed by atoms with E-state index in [-0.39, 0.29) is 5.75 Å². The molecular formula is C19H22F3NO2. The molecule has 3 nitrogen and oxygen atoms in total. The second kappa shape index (κ2) is 9.32. The Balaban J connectivity index is 1.96. The molecule has 2 aromatic carbocycles. The number of benzene rings is 2. The van der Waals surface area contributed by atoms with Crippen molar-refractivity contribution >= 4 is 0 Å². The molecule has 25 heavy (non-hydrogen) atoms. The van der Waals surface area contributed by atoms with Crippen molar-refractivity contribution in [3.8, 4) is 11.5 Å². The number of halogens is 3. The topological polar surface area (TPSA) is 44.5 Å².